The van der Waals surface area contributed by atoms with Crippen LogP contribution < -0.4 is 5.63 Å². The highest BCUT2D eigenvalue weighted by Crippen LogP contribution is 2.34. The lowest BCUT2D eigenvalue weighted by atomic mass is 9.99. The van der Waals surface area contributed by atoms with Crippen LogP contribution >= 0.6 is 0 Å². The van der Waals surface area contributed by atoms with Crippen LogP contribution in [0.3, 0.4) is 0 Å². The number of aryl methyl sites for hydroxylation is 1. The van der Waals surface area contributed by atoms with Crippen molar-refractivity contribution in [2.45, 2.75) is 6.92 Å². The first-order chi connectivity index (χ1) is 13.2. The number of rotatable bonds is 2. The largest absolute Gasteiger partial charge is 0.464 e. The summed E-state index contributed by atoms with van der Waals surface area (Å²) in [4.78, 5) is 11.6. The second-order valence-electron chi connectivity index (χ2n) is 6.69. The summed E-state index contributed by atoms with van der Waals surface area (Å²) in [6.45, 7) is 1.92. The van der Waals surface area contributed by atoms with Gasteiger partial charge in [-0.15, -0.1) is 0 Å². The molecule has 3 heteroatoms. The van der Waals surface area contributed by atoms with Crippen molar-refractivity contribution in [1.29, 1.82) is 0 Å². The minimum atomic E-state index is -0.345. The molecule has 130 valence electrons. The van der Waals surface area contributed by atoms with Gasteiger partial charge >= 0.3 is 5.63 Å². The van der Waals surface area contributed by atoms with Gasteiger partial charge < -0.3 is 8.83 Å². The van der Waals surface area contributed by atoms with E-state index < -0.39 is 0 Å². The lowest BCUT2D eigenvalue weighted by Crippen LogP contribution is -1.97. The van der Waals surface area contributed by atoms with E-state index >= 15 is 0 Å². The van der Waals surface area contributed by atoms with Gasteiger partial charge in [-0.2, -0.15) is 0 Å². The summed E-state index contributed by atoms with van der Waals surface area (Å²) in [5.74, 6) is 0. The predicted octanol–water partition coefficient (Wildman–Crippen LogP) is 6.18. The van der Waals surface area contributed by atoms with Crippen LogP contribution in [0.25, 0.3) is 44.2 Å². The summed E-state index contributed by atoms with van der Waals surface area (Å²) in [6.07, 6.45) is 1.76. The molecule has 3 nitrogen and oxygen atoms in total. The predicted molar refractivity (Wildman–Crippen MR) is 108 cm³/mol. The molecule has 3 aromatic carbocycles. The van der Waals surface area contributed by atoms with E-state index in [0.29, 0.717) is 11.2 Å². The molecule has 0 saturated carbocycles. The third-order valence-electron chi connectivity index (χ3n) is 4.95. The van der Waals surface area contributed by atoms with Gasteiger partial charge in [-0.1, -0.05) is 54.6 Å². The molecule has 0 fully saturated rings. The zero-order valence-corrected chi connectivity index (χ0v) is 14.7. The maximum absolute atomic E-state index is 11.6. The quantitative estimate of drug-likeness (QED) is 0.356. The van der Waals surface area contributed by atoms with Crippen LogP contribution in [-0.4, -0.2) is 0 Å². The van der Waals surface area contributed by atoms with Gasteiger partial charge in [0.05, 0.1) is 6.26 Å². The van der Waals surface area contributed by atoms with E-state index in [9.17, 15) is 4.79 Å². The maximum Gasteiger partial charge on any atom is 0.336 e. The second kappa shape index (κ2) is 5.99. The van der Waals surface area contributed by atoms with Gasteiger partial charge in [0.1, 0.15) is 11.2 Å². The first-order valence-electron chi connectivity index (χ1n) is 8.80. The summed E-state index contributed by atoms with van der Waals surface area (Å²) < 4.78 is 11.1. The molecule has 2 heterocycles. The molecule has 27 heavy (non-hydrogen) atoms. The molecular formula is C24H16O3. The Hall–Kier alpha value is -3.59. The van der Waals surface area contributed by atoms with Crippen molar-refractivity contribution in [3.05, 3.63) is 95.0 Å². The Kier molecular flexibility index (Phi) is 3.47. The molecule has 0 bridgehead atoms. The smallest absolute Gasteiger partial charge is 0.336 e. The summed E-state index contributed by atoms with van der Waals surface area (Å²) in [6, 6.07) is 24.1. The van der Waals surface area contributed by atoms with Gasteiger partial charge in [0.2, 0.25) is 0 Å². The highest BCUT2D eigenvalue weighted by Gasteiger charge is 2.12. The first kappa shape index (κ1) is 15.6. The molecule has 0 aliphatic carbocycles. The standard InChI is InChI=1S/C24H16O3/c1-15-11-24(25)27-23-13-22-20(12-19(15)23)21(14-26-22)18-9-7-17(8-10-18)16-5-3-2-4-6-16/h2-14H,1H3. The Labute approximate surface area is 155 Å². The molecule has 0 aliphatic heterocycles. The summed E-state index contributed by atoms with van der Waals surface area (Å²) in [7, 11) is 0. The van der Waals surface area contributed by atoms with Crippen molar-refractivity contribution in [2.24, 2.45) is 0 Å². The molecule has 0 atom stereocenters. The minimum absolute atomic E-state index is 0.345. The molecule has 0 unspecified atom stereocenters. The van der Waals surface area contributed by atoms with Crippen molar-refractivity contribution < 1.29 is 8.83 Å². The fourth-order valence-electron chi connectivity index (χ4n) is 3.54. The summed E-state index contributed by atoms with van der Waals surface area (Å²) in [5, 5.41) is 1.93. The Morgan fingerprint density at radius 2 is 1.41 bits per heavy atom. The topological polar surface area (TPSA) is 43.4 Å². The third kappa shape index (κ3) is 2.64. The highest BCUT2D eigenvalue weighted by atomic mass is 16.4. The van der Waals surface area contributed by atoms with Crippen molar-refractivity contribution in [3.63, 3.8) is 0 Å². The van der Waals surface area contributed by atoms with E-state index in [1.807, 2.05) is 31.2 Å². The molecule has 0 spiro atoms. The van der Waals surface area contributed by atoms with E-state index in [1.165, 1.54) is 17.2 Å². The van der Waals surface area contributed by atoms with Gasteiger partial charge in [-0.25, -0.2) is 4.79 Å². The number of furan rings is 1. The number of benzene rings is 3. The van der Waals surface area contributed by atoms with Gasteiger partial charge in [-0.3, -0.25) is 0 Å². The molecule has 0 N–H and O–H groups in total. The van der Waals surface area contributed by atoms with Crippen molar-refractivity contribution in [3.8, 4) is 22.3 Å². The monoisotopic (exact) mass is 352 g/mol. The second-order valence-corrected chi connectivity index (χ2v) is 6.69. The first-order valence-corrected chi connectivity index (χ1v) is 8.80. The lowest BCUT2D eigenvalue weighted by Gasteiger charge is -2.05. The van der Waals surface area contributed by atoms with Gasteiger partial charge in [-0.05, 0) is 35.2 Å². The normalized spacial score (nSPS) is 11.3. The Morgan fingerprint density at radius 1 is 0.704 bits per heavy atom. The molecule has 0 saturated heterocycles. The fraction of sp³-hybridized carbons (Fsp3) is 0.0417. The molecule has 5 rings (SSSR count). The van der Waals surface area contributed by atoms with Crippen LogP contribution in [0.2, 0.25) is 0 Å². The van der Waals surface area contributed by atoms with Gasteiger partial charge in [0.25, 0.3) is 0 Å². The molecule has 2 aromatic heterocycles. The Balaban J connectivity index is 1.65. The van der Waals surface area contributed by atoms with Crippen LogP contribution in [-0.2, 0) is 0 Å². The summed E-state index contributed by atoms with van der Waals surface area (Å²) in [5.41, 5.74) is 6.29. The number of fused-ring (bicyclic) bond motifs is 2. The van der Waals surface area contributed by atoms with E-state index in [4.69, 9.17) is 8.83 Å². The SMILES string of the molecule is Cc1cc(=O)oc2cc3occ(-c4ccc(-c5ccccc5)cc4)c3cc12. The van der Waals surface area contributed by atoms with Crippen molar-refractivity contribution >= 4 is 21.9 Å². The highest BCUT2D eigenvalue weighted by molar-refractivity contribution is 6.02. The average Bonchev–Trinajstić information content (AvgIpc) is 3.10. The van der Waals surface area contributed by atoms with E-state index in [1.54, 1.807) is 12.3 Å². The van der Waals surface area contributed by atoms with E-state index in [2.05, 4.69) is 36.4 Å². The maximum atomic E-state index is 11.6. The number of hydrogen-bond acceptors (Lipinski definition) is 3. The zero-order valence-electron chi connectivity index (χ0n) is 14.7. The van der Waals surface area contributed by atoms with Crippen LogP contribution in [0.1, 0.15) is 5.56 Å². The van der Waals surface area contributed by atoms with Crippen LogP contribution in [0.5, 0.6) is 0 Å². The molecule has 0 aliphatic rings. The molecule has 5 aromatic rings. The number of hydrogen-bond donors (Lipinski definition) is 0. The zero-order chi connectivity index (χ0) is 18.4. The van der Waals surface area contributed by atoms with Gasteiger partial charge in [0, 0.05) is 28.5 Å². The average molecular weight is 352 g/mol. The lowest BCUT2D eigenvalue weighted by molar-refractivity contribution is 0.558. The fourth-order valence-corrected chi connectivity index (χ4v) is 3.54. The minimum Gasteiger partial charge on any atom is -0.464 e. The molecular weight excluding hydrogens is 336 g/mol. The molecule has 0 amide bonds. The van der Waals surface area contributed by atoms with Crippen molar-refractivity contribution in [2.75, 3.05) is 0 Å². The van der Waals surface area contributed by atoms with Crippen LogP contribution in [0, 0.1) is 6.92 Å². The summed E-state index contributed by atoms with van der Waals surface area (Å²) >= 11 is 0. The van der Waals surface area contributed by atoms with Crippen molar-refractivity contribution in [1.82, 2.24) is 0 Å². The third-order valence-corrected chi connectivity index (χ3v) is 4.95. The Morgan fingerprint density at radius 3 is 2.19 bits per heavy atom. The van der Waals surface area contributed by atoms with Crippen LogP contribution in [0.15, 0.2) is 92.7 Å². The molecule has 0 radical (unpaired) electrons. The van der Waals surface area contributed by atoms with E-state index in [-0.39, 0.29) is 5.63 Å². The van der Waals surface area contributed by atoms with E-state index in [0.717, 1.165) is 27.5 Å². The van der Waals surface area contributed by atoms with Gasteiger partial charge in [0.15, 0.2) is 0 Å². The Bertz CT molecular complexity index is 1320. The van der Waals surface area contributed by atoms with Crippen LogP contribution in [0.4, 0.5) is 0 Å².